The number of rotatable bonds is 3. The van der Waals surface area contributed by atoms with Crippen LogP contribution in [0.25, 0.3) is 0 Å². The number of carbonyl (C=O) groups is 2. The van der Waals surface area contributed by atoms with Gasteiger partial charge in [0.2, 0.25) is 11.8 Å². The number of carbonyl (C=O) groups excluding carboxylic acids is 2. The van der Waals surface area contributed by atoms with E-state index < -0.39 is 5.92 Å². The lowest BCUT2D eigenvalue weighted by Crippen LogP contribution is -2.39. The molecule has 0 aromatic heterocycles. The summed E-state index contributed by atoms with van der Waals surface area (Å²) in [6, 6.07) is 7.62. The summed E-state index contributed by atoms with van der Waals surface area (Å²) in [7, 11) is 0. The fourth-order valence-electron chi connectivity index (χ4n) is 3.26. The zero-order valence-corrected chi connectivity index (χ0v) is 14.0. The van der Waals surface area contributed by atoms with Gasteiger partial charge in [-0.25, -0.2) is 0 Å². The summed E-state index contributed by atoms with van der Waals surface area (Å²) in [6.07, 6.45) is 1.53. The zero-order chi connectivity index (χ0) is 15.7. The van der Waals surface area contributed by atoms with Crippen LogP contribution in [0.3, 0.4) is 0 Å². The predicted octanol–water partition coefficient (Wildman–Crippen LogP) is 1.61. The largest absolute Gasteiger partial charge is 0.342 e. The quantitative estimate of drug-likeness (QED) is 0.827. The highest BCUT2D eigenvalue weighted by molar-refractivity contribution is 9.10. The molecule has 2 heterocycles. The number of hydrogen-bond acceptors (Lipinski definition) is 3. The molecule has 2 amide bonds. The maximum atomic E-state index is 12.6. The van der Waals surface area contributed by atoms with E-state index in [1.54, 1.807) is 4.90 Å². The van der Waals surface area contributed by atoms with Crippen molar-refractivity contribution in [3.8, 4) is 0 Å². The summed E-state index contributed by atoms with van der Waals surface area (Å²) in [5.74, 6) is -0.269. The number of benzene rings is 1. The van der Waals surface area contributed by atoms with Gasteiger partial charge < -0.3 is 15.5 Å². The van der Waals surface area contributed by atoms with Gasteiger partial charge in [-0.2, -0.15) is 0 Å². The van der Waals surface area contributed by atoms with Gasteiger partial charge in [0.25, 0.3) is 0 Å². The molecule has 0 radical (unpaired) electrons. The third kappa shape index (κ3) is 2.90. The first kappa shape index (κ1) is 15.5. The molecule has 5 nitrogen and oxygen atoms in total. The van der Waals surface area contributed by atoms with Crippen LogP contribution in [-0.2, 0) is 9.59 Å². The molecule has 22 heavy (non-hydrogen) atoms. The van der Waals surface area contributed by atoms with Gasteiger partial charge in [-0.3, -0.25) is 9.59 Å². The van der Waals surface area contributed by atoms with Crippen molar-refractivity contribution in [3.63, 3.8) is 0 Å². The minimum absolute atomic E-state index is 0.0292. The Labute approximate surface area is 138 Å². The standard InChI is InChI=1S/C16H20BrN3O2/c17-12-2-1-3-13(8-12)20-7-5-14(16(20)22)15(21)19-6-4-11(9-18)10-19/h1-3,8,11,14H,4-7,9-10,18H2/t11-,14-/m0/s1. The van der Waals surface area contributed by atoms with E-state index >= 15 is 0 Å². The number of likely N-dealkylation sites (tertiary alicyclic amines) is 1. The van der Waals surface area contributed by atoms with Gasteiger partial charge in [0, 0.05) is 29.8 Å². The van der Waals surface area contributed by atoms with Gasteiger partial charge in [-0.15, -0.1) is 0 Å². The van der Waals surface area contributed by atoms with E-state index in [0.717, 1.165) is 23.1 Å². The third-order valence-corrected chi connectivity index (χ3v) is 5.05. The normalized spacial score (nSPS) is 25.1. The summed E-state index contributed by atoms with van der Waals surface area (Å²) in [4.78, 5) is 28.7. The molecule has 1 aromatic rings. The molecule has 2 aliphatic heterocycles. The Morgan fingerprint density at radius 3 is 2.82 bits per heavy atom. The lowest BCUT2D eigenvalue weighted by atomic mass is 10.1. The Hall–Kier alpha value is -1.40. The minimum Gasteiger partial charge on any atom is -0.342 e. The monoisotopic (exact) mass is 365 g/mol. The van der Waals surface area contributed by atoms with Gasteiger partial charge >= 0.3 is 0 Å². The van der Waals surface area contributed by atoms with E-state index in [-0.39, 0.29) is 11.8 Å². The number of amides is 2. The fourth-order valence-corrected chi connectivity index (χ4v) is 3.64. The topological polar surface area (TPSA) is 66.6 Å². The number of anilines is 1. The highest BCUT2D eigenvalue weighted by atomic mass is 79.9. The summed E-state index contributed by atoms with van der Waals surface area (Å²) in [5.41, 5.74) is 6.52. The molecule has 2 N–H and O–H groups in total. The number of nitrogens with zero attached hydrogens (tertiary/aromatic N) is 2. The van der Waals surface area contributed by atoms with Crippen LogP contribution in [-0.4, -0.2) is 42.9 Å². The third-order valence-electron chi connectivity index (χ3n) is 4.55. The van der Waals surface area contributed by atoms with Crippen LogP contribution in [0.1, 0.15) is 12.8 Å². The molecule has 0 bridgehead atoms. The van der Waals surface area contributed by atoms with Crippen LogP contribution in [0.5, 0.6) is 0 Å². The Morgan fingerprint density at radius 1 is 1.32 bits per heavy atom. The van der Waals surface area contributed by atoms with Crippen molar-refractivity contribution in [3.05, 3.63) is 28.7 Å². The van der Waals surface area contributed by atoms with Crippen LogP contribution in [0.2, 0.25) is 0 Å². The van der Waals surface area contributed by atoms with E-state index in [2.05, 4.69) is 15.9 Å². The van der Waals surface area contributed by atoms with E-state index in [0.29, 0.717) is 32.0 Å². The molecule has 1 aromatic carbocycles. The maximum Gasteiger partial charge on any atom is 0.239 e. The highest BCUT2D eigenvalue weighted by Gasteiger charge is 2.41. The molecular formula is C16H20BrN3O2. The molecule has 2 saturated heterocycles. The molecule has 2 aliphatic rings. The molecule has 0 aliphatic carbocycles. The molecule has 2 fully saturated rings. The fraction of sp³-hybridized carbons (Fsp3) is 0.500. The smallest absolute Gasteiger partial charge is 0.239 e. The van der Waals surface area contributed by atoms with Crippen molar-refractivity contribution >= 4 is 33.4 Å². The van der Waals surface area contributed by atoms with Crippen LogP contribution in [0.15, 0.2) is 28.7 Å². The Bertz CT molecular complexity index is 593. The van der Waals surface area contributed by atoms with Crippen molar-refractivity contribution in [2.75, 3.05) is 31.1 Å². The first-order valence-electron chi connectivity index (χ1n) is 7.66. The van der Waals surface area contributed by atoms with E-state index in [1.807, 2.05) is 29.2 Å². The molecule has 0 unspecified atom stereocenters. The Balaban J connectivity index is 1.70. The Kier molecular flexibility index (Phi) is 4.49. The maximum absolute atomic E-state index is 12.6. The first-order valence-corrected chi connectivity index (χ1v) is 8.45. The Morgan fingerprint density at radius 2 is 2.14 bits per heavy atom. The number of halogens is 1. The number of nitrogens with two attached hydrogens (primary N) is 1. The van der Waals surface area contributed by atoms with E-state index in [4.69, 9.17) is 5.73 Å². The van der Waals surface area contributed by atoms with Crippen molar-refractivity contribution in [2.24, 2.45) is 17.6 Å². The lowest BCUT2D eigenvalue weighted by Gasteiger charge is -2.21. The van der Waals surface area contributed by atoms with Gasteiger partial charge in [-0.1, -0.05) is 22.0 Å². The average molecular weight is 366 g/mol. The molecule has 2 atom stereocenters. The molecule has 6 heteroatoms. The molecule has 0 spiro atoms. The SMILES string of the molecule is NC[C@@H]1CCN(C(=O)[C@@H]2CCN(c3cccc(Br)c3)C2=O)C1. The molecular weight excluding hydrogens is 346 g/mol. The van der Waals surface area contributed by atoms with Crippen LogP contribution in [0, 0.1) is 11.8 Å². The highest BCUT2D eigenvalue weighted by Crippen LogP contribution is 2.29. The minimum atomic E-state index is -0.532. The van der Waals surface area contributed by atoms with Crippen LogP contribution < -0.4 is 10.6 Å². The summed E-state index contributed by atoms with van der Waals surface area (Å²) in [5, 5.41) is 0. The van der Waals surface area contributed by atoms with Crippen LogP contribution >= 0.6 is 15.9 Å². The van der Waals surface area contributed by atoms with Gasteiger partial charge in [0.15, 0.2) is 0 Å². The van der Waals surface area contributed by atoms with Gasteiger partial charge in [0.05, 0.1) is 0 Å². The second-order valence-corrected chi connectivity index (χ2v) is 6.90. The average Bonchev–Trinajstić information content (AvgIpc) is 3.13. The van der Waals surface area contributed by atoms with Gasteiger partial charge in [-0.05, 0) is 43.5 Å². The zero-order valence-electron chi connectivity index (χ0n) is 12.4. The van der Waals surface area contributed by atoms with Crippen molar-refractivity contribution in [1.29, 1.82) is 0 Å². The van der Waals surface area contributed by atoms with Crippen molar-refractivity contribution < 1.29 is 9.59 Å². The second kappa shape index (κ2) is 6.38. The first-order chi connectivity index (χ1) is 10.6. The van der Waals surface area contributed by atoms with E-state index in [1.165, 1.54) is 0 Å². The van der Waals surface area contributed by atoms with Crippen molar-refractivity contribution in [1.82, 2.24) is 4.90 Å². The van der Waals surface area contributed by atoms with E-state index in [9.17, 15) is 9.59 Å². The lowest BCUT2D eigenvalue weighted by molar-refractivity contribution is -0.139. The molecule has 3 rings (SSSR count). The summed E-state index contributed by atoms with van der Waals surface area (Å²) >= 11 is 3.42. The summed E-state index contributed by atoms with van der Waals surface area (Å²) < 4.78 is 0.929. The molecule has 118 valence electrons. The van der Waals surface area contributed by atoms with Crippen molar-refractivity contribution in [2.45, 2.75) is 12.8 Å². The second-order valence-electron chi connectivity index (χ2n) is 5.99. The number of hydrogen-bond donors (Lipinski definition) is 1. The van der Waals surface area contributed by atoms with Crippen LogP contribution in [0.4, 0.5) is 5.69 Å². The molecule has 0 saturated carbocycles. The predicted molar refractivity (Wildman–Crippen MR) is 88.3 cm³/mol. The summed E-state index contributed by atoms with van der Waals surface area (Å²) in [6.45, 7) is 2.61. The van der Waals surface area contributed by atoms with Gasteiger partial charge in [0.1, 0.15) is 5.92 Å².